The Kier molecular flexibility index (Phi) is 12.4. The Morgan fingerprint density at radius 1 is 1.44 bits per heavy atom. The monoisotopic (exact) mass is 414 g/mol. The van der Waals surface area contributed by atoms with Gasteiger partial charge in [-0.2, -0.15) is 0 Å². The van der Waals surface area contributed by atoms with Gasteiger partial charge in [0.25, 0.3) is 0 Å². The van der Waals surface area contributed by atoms with Gasteiger partial charge in [0, 0.05) is 0 Å². The van der Waals surface area contributed by atoms with Crippen LogP contribution in [0.2, 0.25) is 0 Å². The molecule has 0 heterocycles. The summed E-state index contributed by atoms with van der Waals surface area (Å²) in [5, 5.41) is 8.48. The fraction of sp³-hybridized carbons (Fsp3) is 0.364. The zero-order chi connectivity index (χ0) is 11.7. The van der Waals surface area contributed by atoms with Gasteiger partial charge in [-0.15, -0.1) is 0 Å². The predicted molar refractivity (Wildman–Crippen MR) is 59.4 cm³/mol. The molecule has 4 N–H and O–H groups in total. The van der Waals surface area contributed by atoms with Crippen LogP contribution in [0, 0.1) is 0 Å². The van der Waals surface area contributed by atoms with Gasteiger partial charge < -0.3 is 16.0 Å². The van der Waals surface area contributed by atoms with Crippen molar-refractivity contribution in [2.24, 2.45) is 0 Å². The molecule has 0 radical (unpaired) electrons. The second-order valence-corrected chi connectivity index (χ2v) is 6.09. The standard InChI is InChI=1S/C6H5.C5H10O3.Hg.H3N/c1-2-4-6-5-3-1;1-3-8-5(7)4(2)6;;/h1-5H;4,6H,3H2,1-2H3;;1H3. The number of hydrogen-bond donors (Lipinski definition) is 2. The Labute approximate surface area is 113 Å². The molecule has 1 aromatic carbocycles. The third kappa shape index (κ3) is 10.1. The Bertz CT molecular complexity index is 278. The van der Waals surface area contributed by atoms with E-state index < -0.39 is 12.1 Å². The van der Waals surface area contributed by atoms with Gasteiger partial charge in [-0.3, -0.25) is 0 Å². The van der Waals surface area contributed by atoms with Gasteiger partial charge in [0.2, 0.25) is 0 Å². The minimum absolute atomic E-state index is 0. The second-order valence-electron chi connectivity index (χ2n) is 2.91. The normalized spacial score (nSPS) is 10.3. The minimum atomic E-state index is -0.991. The molecule has 0 bridgehead atoms. The summed E-state index contributed by atoms with van der Waals surface area (Å²) in [7, 11) is 0. The van der Waals surface area contributed by atoms with E-state index in [0.717, 1.165) is 26.1 Å². The van der Waals surface area contributed by atoms with E-state index in [1.54, 1.807) is 6.92 Å². The number of esters is 1. The van der Waals surface area contributed by atoms with Crippen molar-refractivity contribution < 1.29 is 40.8 Å². The molecule has 0 aliphatic rings. The number of carbonyl (C=O) groups excluding carboxylic acids is 1. The zero-order valence-electron chi connectivity index (χ0n) is 9.85. The van der Waals surface area contributed by atoms with E-state index in [-0.39, 0.29) is 6.15 Å². The second kappa shape index (κ2) is 11.0. The summed E-state index contributed by atoms with van der Waals surface area (Å²) in [6, 6.07) is 10.6. The number of rotatable bonds is 2. The Hall–Kier alpha value is -0.455. The molecule has 16 heavy (non-hydrogen) atoms. The Morgan fingerprint density at radius 2 is 1.94 bits per heavy atom. The summed E-state index contributed by atoms with van der Waals surface area (Å²) in [5.41, 5.74) is 0. The van der Waals surface area contributed by atoms with E-state index >= 15 is 0 Å². The first kappa shape index (κ1) is 17.9. The van der Waals surface area contributed by atoms with E-state index in [9.17, 15) is 4.79 Å². The summed E-state index contributed by atoms with van der Waals surface area (Å²) in [6.45, 7) is 3.39. The molecule has 1 aromatic rings. The maximum absolute atomic E-state index is 10.3. The fourth-order valence-electron chi connectivity index (χ4n) is 0.741. The van der Waals surface area contributed by atoms with Crippen LogP contribution < -0.4 is 9.22 Å². The van der Waals surface area contributed by atoms with Crippen LogP contribution in [0.3, 0.4) is 0 Å². The molecular weight excluding hydrogens is 395 g/mol. The van der Waals surface area contributed by atoms with Crippen molar-refractivity contribution in [2.45, 2.75) is 20.0 Å². The van der Waals surface area contributed by atoms with Gasteiger partial charge in [-0.05, 0) is 13.8 Å². The van der Waals surface area contributed by atoms with E-state index in [2.05, 4.69) is 35.1 Å². The summed E-state index contributed by atoms with van der Waals surface area (Å²) in [4.78, 5) is 10.3. The number of carbonyl (C=O) groups is 1. The van der Waals surface area contributed by atoms with Crippen molar-refractivity contribution in [3.05, 3.63) is 30.3 Å². The predicted octanol–water partition coefficient (Wildman–Crippen LogP) is 0.951. The summed E-state index contributed by atoms with van der Waals surface area (Å²) in [6.07, 6.45) is -0.991. The molecule has 1 rings (SSSR count). The van der Waals surface area contributed by atoms with Crippen molar-refractivity contribution in [3.63, 3.8) is 0 Å². The van der Waals surface area contributed by atoms with Crippen molar-refractivity contribution in [1.29, 1.82) is 0 Å². The molecule has 4 nitrogen and oxygen atoms in total. The molecule has 0 spiro atoms. The van der Waals surface area contributed by atoms with Crippen molar-refractivity contribution in [1.82, 2.24) is 6.15 Å². The third-order valence-electron chi connectivity index (χ3n) is 1.47. The topological polar surface area (TPSA) is 81.5 Å². The summed E-state index contributed by atoms with van der Waals surface area (Å²) in [5.74, 6) is -0.562. The quantitative estimate of drug-likeness (QED) is 0.560. The van der Waals surface area contributed by atoms with E-state index in [1.807, 2.05) is 0 Å². The molecule has 0 aliphatic carbocycles. The number of aliphatic hydroxyl groups excluding tert-OH is 1. The van der Waals surface area contributed by atoms with Gasteiger partial charge in [0.05, 0.1) is 6.61 Å². The molecule has 5 heteroatoms. The molecule has 87 valence electrons. The van der Waals surface area contributed by atoms with Crippen molar-refractivity contribution in [3.8, 4) is 0 Å². The summed E-state index contributed by atoms with van der Waals surface area (Å²) < 4.78 is 5.93. The molecule has 0 fully saturated rings. The molecule has 0 aromatic heterocycles. The van der Waals surface area contributed by atoms with Crippen LogP contribution in [0.5, 0.6) is 0 Å². The van der Waals surface area contributed by atoms with Crippen LogP contribution >= 0.6 is 0 Å². The molecule has 0 amide bonds. The van der Waals surface area contributed by atoms with Crippen molar-refractivity contribution in [2.75, 3.05) is 6.61 Å². The molecule has 1 unspecified atom stereocenters. The van der Waals surface area contributed by atoms with Gasteiger partial charge in [0.1, 0.15) is 6.10 Å². The SMILES string of the molecule is CCOC(=O)C(C)O.N.[Hg][c]1ccccc1. The van der Waals surface area contributed by atoms with Crippen LogP contribution in [0.1, 0.15) is 13.8 Å². The van der Waals surface area contributed by atoms with E-state index in [1.165, 1.54) is 10.00 Å². The Balaban J connectivity index is 0. The Morgan fingerprint density at radius 3 is 2.12 bits per heavy atom. The van der Waals surface area contributed by atoms with Crippen LogP contribution in [0.25, 0.3) is 0 Å². The first-order chi connectivity index (χ1) is 7.07. The number of ether oxygens (including phenoxy) is 1. The van der Waals surface area contributed by atoms with E-state index in [0.29, 0.717) is 6.61 Å². The number of aliphatic hydroxyl groups is 1. The average molecular weight is 413 g/mol. The third-order valence-corrected chi connectivity index (χ3v) is 3.30. The number of hydrogen-bond acceptors (Lipinski definition) is 4. The molecule has 0 saturated carbocycles. The molecule has 0 saturated heterocycles. The first-order valence-corrected chi connectivity index (χ1v) is 7.54. The summed E-state index contributed by atoms with van der Waals surface area (Å²) >= 11 is 0.810. The van der Waals surface area contributed by atoms with Crippen LogP contribution in [-0.4, -0.2) is 23.8 Å². The van der Waals surface area contributed by atoms with Crippen LogP contribution in [-0.2, 0) is 35.7 Å². The van der Waals surface area contributed by atoms with Gasteiger partial charge in [0.15, 0.2) is 0 Å². The molecule has 1 atom stereocenters. The van der Waals surface area contributed by atoms with Gasteiger partial charge in [-0.1, -0.05) is 0 Å². The van der Waals surface area contributed by atoms with Crippen LogP contribution in [0.4, 0.5) is 0 Å². The van der Waals surface area contributed by atoms with Gasteiger partial charge in [-0.25, -0.2) is 4.79 Å². The zero-order valence-corrected chi connectivity index (χ0v) is 15.3. The van der Waals surface area contributed by atoms with E-state index in [4.69, 9.17) is 5.11 Å². The van der Waals surface area contributed by atoms with Crippen LogP contribution in [0.15, 0.2) is 30.3 Å². The number of benzene rings is 1. The maximum atomic E-state index is 10.3. The molecular formula is C11H18HgNO3. The van der Waals surface area contributed by atoms with Gasteiger partial charge >= 0.3 is 65.5 Å². The fourth-order valence-corrected chi connectivity index (χ4v) is 1.80. The first-order valence-electron chi connectivity index (χ1n) is 4.79. The molecule has 0 aliphatic heterocycles. The average Bonchev–Trinajstić information content (AvgIpc) is 2.20. The van der Waals surface area contributed by atoms with Crippen molar-refractivity contribution >= 4 is 9.04 Å².